The number of nitrogens with two attached hydrogens (primary N) is 1. The van der Waals surface area contributed by atoms with Crippen LogP contribution in [0.5, 0.6) is 0 Å². The Kier molecular flexibility index (Phi) is 3.59. The van der Waals surface area contributed by atoms with E-state index in [-0.39, 0.29) is 12.0 Å². The molecule has 2 N–H and O–H groups in total. The summed E-state index contributed by atoms with van der Waals surface area (Å²) >= 11 is 6.07. The second-order valence-electron chi connectivity index (χ2n) is 5.07. The number of pyridine rings is 1. The van der Waals surface area contributed by atoms with Gasteiger partial charge in [0.2, 0.25) is 0 Å². The number of aromatic nitrogens is 1. The standard InChI is InChI=1S/C15H16ClN3O2/c1-21-15(20)12-3-2-8-19(12)14-10-4-5-11(16)13(17)9(10)6-7-18-14/h4-7,12H,2-3,8,17H2,1H3. The van der Waals surface area contributed by atoms with Gasteiger partial charge in [0.15, 0.2) is 0 Å². The summed E-state index contributed by atoms with van der Waals surface area (Å²) in [7, 11) is 1.41. The van der Waals surface area contributed by atoms with Gasteiger partial charge in [0.1, 0.15) is 11.9 Å². The molecule has 1 atom stereocenters. The topological polar surface area (TPSA) is 68.5 Å². The molecule has 0 spiro atoms. The Bertz CT molecular complexity index is 705. The predicted octanol–water partition coefficient (Wildman–Crippen LogP) is 2.61. The van der Waals surface area contributed by atoms with Gasteiger partial charge in [-0.2, -0.15) is 0 Å². The Morgan fingerprint density at radius 1 is 1.43 bits per heavy atom. The van der Waals surface area contributed by atoms with Crippen LogP contribution in [0.25, 0.3) is 10.8 Å². The summed E-state index contributed by atoms with van der Waals surface area (Å²) in [6.07, 6.45) is 3.39. The van der Waals surface area contributed by atoms with Crippen LogP contribution in [0.3, 0.4) is 0 Å². The normalized spacial score (nSPS) is 18.2. The van der Waals surface area contributed by atoms with Gasteiger partial charge in [-0.05, 0) is 31.0 Å². The van der Waals surface area contributed by atoms with E-state index in [1.165, 1.54) is 7.11 Å². The number of halogens is 1. The average molecular weight is 306 g/mol. The molecule has 2 aromatic rings. The van der Waals surface area contributed by atoms with Gasteiger partial charge in [0.05, 0.1) is 17.8 Å². The lowest BCUT2D eigenvalue weighted by molar-refractivity contribution is -0.141. The summed E-state index contributed by atoms with van der Waals surface area (Å²) in [5, 5.41) is 2.27. The molecule has 0 aliphatic carbocycles. The summed E-state index contributed by atoms with van der Waals surface area (Å²) < 4.78 is 4.89. The van der Waals surface area contributed by atoms with Crippen LogP contribution in [0.1, 0.15) is 12.8 Å². The second-order valence-corrected chi connectivity index (χ2v) is 5.47. The molecule has 1 aromatic carbocycles. The third-order valence-corrected chi connectivity index (χ3v) is 4.24. The van der Waals surface area contributed by atoms with E-state index in [4.69, 9.17) is 22.1 Å². The lowest BCUT2D eigenvalue weighted by Crippen LogP contribution is -2.37. The molecule has 21 heavy (non-hydrogen) atoms. The molecule has 0 radical (unpaired) electrons. The third-order valence-electron chi connectivity index (χ3n) is 3.91. The SMILES string of the molecule is COC(=O)C1CCCN1c1nccc2c(N)c(Cl)ccc12. The number of methoxy groups -OCH3 is 1. The van der Waals surface area contributed by atoms with Crippen LogP contribution in [-0.4, -0.2) is 30.6 Å². The highest BCUT2D eigenvalue weighted by molar-refractivity contribution is 6.34. The fourth-order valence-electron chi connectivity index (χ4n) is 2.87. The number of hydrogen-bond donors (Lipinski definition) is 1. The van der Waals surface area contributed by atoms with Crippen LogP contribution >= 0.6 is 11.6 Å². The summed E-state index contributed by atoms with van der Waals surface area (Å²) in [6, 6.07) is 5.20. The van der Waals surface area contributed by atoms with Crippen molar-refractivity contribution in [1.29, 1.82) is 0 Å². The number of rotatable bonds is 2. The highest BCUT2D eigenvalue weighted by Crippen LogP contribution is 2.35. The summed E-state index contributed by atoms with van der Waals surface area (Å²) in [4.78, 5) is 18.4. The summed E-state index contributed by atoms with van der Waals surface area (Å²) in [5.74, 6) is 0.525. The van der Waals surface area contributed by atoms with E-state index in [0.717, 1.165) is 36.0 Å². The number of anilines is 2. The lowest BCUT2D eigenvalue weighted by Gasteiger charge is -2.25. The van der Waals surface area contributed by atoms with E-state index in [9.17, 15) is 4.79 Å². The number of esters is 1. The molecule has 3 rings (SSSR count). The minimum absolute atomic E-state index is 0.228. The van der Waals surface area contributed by atoms with Crippen LogP contribution in [0.2, 0.25) is 5.02 Å². The van der Waals surface area contributed by atoms with Crippen LogP contribution in [0.4, 0.5) is 11.5 Å². The van der Waals surface area contributed by atoms with Crippen molar-refractivity contribution in [3.8, 4) is 0 Å². The molecule has 1 saturated heterocycles. The molecule has 5 nitrogen and oxygen atoms in total. The third kappa shape index (κ3) is 2.27. The smallest absolute Gasteiger partial charge is 0.328 e. The number of nitrogen functional groups attached to an aromatic ring is 1. The van der Waals surface area contributed by atoms with Crippen molar-refractivity contribution in [2.24, 2.45) is 0 Å². The van der Waals surface area contributed by atoms with Gasteiger partial charge in [0, 0.05) is 23.5 Å². The molecule has 1 aromatic heterocycles. The highest BCUT2D eigenvalue weighted by Gasteiger charge is 2.33. The fourth-order valence-corrected chi connectivity index (χ4v) is 3.03. The first kappa shape index (κ1) is 13.9. The average Bonchev–Trinajstić information content (AvgIpc) is 2.99. The van der Waals surface area contributed by atoms with E-state index >= 15 is 0 Å². The molecule has 0 amide bonds. The molecular formula is C15H16ClN3O2. The molecule has 6 heteroatoms. The zero-order chi connectivity index (χ0) is 15.0. The second kappa shape index (κ2) is 5.41. The molecule has 2 heterocycles. The first-order valence-corrected chi connectivity index (χ1v) is 7.18. The van der Waals surface area contributed by atoms with Crippen LogP contribution in [0, 0.1) is 0 Å². The van der Waals surface area contributed by atoms with Gasteiger partial charge in [-0.3, -0.25) is 0 Å². The minimum atomic E-state index is -0.287. The molecule has 0 bridgehead atoms. The Morgan fingerprint density at radius 3 is 3.00 bits per heavy atom. The van der Waals surface area contributed by atoms with E-state index in [1.54, 1.807) is 12.3 Å². The maximum Gasteiger partial charge on any atom is 0.328 e. The molecule has 1 aliphatic rings. The van der Waals surface area contributed by atoms with Crippen LogP contribution in [-0.2, 0) is 9.53 Å². The maximum absolute atomic E-state index is 11.9. The zero-order valence-electron chi connectivity index (χ0n) is 11.7. The van der Waals surface area contributed by atoms with Gasteiger partial charge >= 0.3 is 5.97 Å². The molecule has 0 saturated carbocycles. The quantitative estimate of drug-likeness (QED) is 0.682. The maximum atomic E-state index is 11.9. The number of fused-ring (bicyclic) bond motifs is 1. The summed E-state index contributed by atoms with van der Waals surface area (Å²) in [5.41, 5.74) is 6.57. The minimum Gasteiger partial charge on any atom is -0.467 e. The fraction of sp³-hybridized carbons (Fsp3) is 0.333. The first-order valence-electron chi connectivity index (χ1n) is 6.80. The first-order chi connectivity index (χ1) is 10.1. The Balaban J connectivity index is 2.12. The van der Waals surface area contributed by atoms with Gasteiger partial charge in [-0.1, -0.05) is 11.6 Å². The monoisotopic (exact) mass is 305 g/mol. The largest absolute Gasteiger partial charge is 0.467 e. The number of nitrogens with zero attached hydrogens (tertiary/aromatic N) is 2. The van der Waals surface area contributed by atoms with Crippen molar-refractivity contribution in [2.75, 3.05) is 24.3 Å². The Labute approximate surface area is 127 Å². The van der Waals surface area contributed by atoms with Crippen molar-refractivity contribution in [3.63, 3.8) is 0 Å². The van der Waals surface area contributed by atoms with Crippen molar-refractivity contribution in [3.05, 3.63) is 29.4 Å². The van der Waals surface area contributed by atoms with Crippen molar-refractivity contribution in [2.45, 2.75) is 18.9 Å². The number of hydrogen-bond acceptors (Lipinski definition) is 5. The highest BCUT2D eigenvalue weighted by atomic mass is 35.5. The Morgan fingerprint density at radius 2 is 2.24 bits per heavy atom. The lowest BCUT2D eigenvalue weighted by atomic mass is 10.1. The van der Waals surface area contributed by atoms with Crippen LogP contribution < -0.4 is 10.6 Å². The Hall–Kier alpha value is -2.01. The molecular weight excluding hydrogens is 290 g/mol. The summed E-state index contributed by atoms with van der Waals surface area (Å²) in [6.45, 7) is 0.772. The molecule has 1 aliphatic heterocycles. The molecule has 110 valence electrons. The van der Waals surface area contributed by atoms with Crippen molar-refractivity contribution >= 4 is 39.8 Å². The van der Waals surface area contributed by atoms with Gasteiger partial charge in [-0.25, -0.2) is 9.78 Å². The number of carbonyl (C=O) groups is 1. The van der Waals surface area contributed by atoms with E-state index in [1.807, 2.05) is 17.0 Å². The molecule has 1 unspecified atom stereocenters. The predicted molar refractivity (Wildman–Crippen MR) is 83.5 cm³/mol. The molecule has 1 fully saturated rings. The van der Waals surface area contributed by atoms with Crippen molar-refractivity contribution in [1.82, 2.24) is 4.98 Å². The van der Waals surface area contributed by atoms with Gasteiger partial charge in [0.25, 0.3) is 0 Å². The van der Waals surface area contributed by atoms with E-state index in [0.29, 0.717) is 10.7 Å². The van der Waals surface area contributed by atoms with E-state index < -0.39 is 0 Å². The number of benzene rings is 1. The van der Waals surface area contributed by atoms with Gasteiger partial charge < -0.3 is 15.4 Å². The van der Waals surface area contributed by atoms with Crippen molar-refractivity contribution < 1.29 is 9.53 Å². The van der Waals surface area contributed by atoms with Crippen LogP contribution in [0.15, 0.2) is 24.4 Å². The number of carbonyl (C=O) groups excluding carboxylic acids is 1. The zero-order valence-corrected chi connectivity index (χ0v) is 12.4. The van der Waals surface area contributed by atoms with Gasteiger partial charge in [-0.15, -0.1) is 0 Å². The number of ether oxygens (including phenoxy) is 1. The van der Waals surface area contributed by atoms with E-state index in [2.05, 4.69) is 4.98 Å².